The molecule has 1 aromatic carbocycles. The zero-order valence-corrected chi connectivity index (χ0v) is 10.5. The lowest BCUT2D eigenvalue weighted by atomic mass is 10.2. The minimum absolute atomic E-state index is 0.151. The van der Waals surface area contributed by atoms with Crippen LogP contribution in [-0.4, -0.2) is 31.2 Å². The van der Waals surface area contributed by atoms with Crippen molar-refractivity contribution in [3.63, 3.8) is 0 Å². The lowest BCUT2D eigenvalue weighted by molar-refractivity contribution is -0.384. The molecular weight excluding hydrogens is 272 g/mol. The van der Waals surface area contributed by atoms with E-state index in [9.17, 15) is 14.9 Å². The number of aromatic nitrogens is 3. The molecule has 0 aliphatic heterocycles. The maximum absolute atomic E-state index is 11.1. The first-order valence-corrected chi connectivity index (χ1v) is 5.87. The fourth-order valence-corrected chi connectivity index (χ4v) is 2.22. The Morgan fingerprint density at radius 2 is 2.26 bits per heavy atom. The van der Waals surface area contributed by atoms with Crippen LogP contribution in [0.5, 0.6) is 0 Å². The molecule has 2 N–H and O–H groups in total. The minimum Gasteiger partial charge on any atom is -0.478 e. The first-order valence-electron chi connectivity index (χ1n) is 5.06. The Morgan fingerprint density at radius 1 is 1.53 bits per heavy atom. The van der Waals surface area contributed by atoms with E-state index in [0.717, 1.165) is 17.8 Å². The van der Waals surface area contributed by atoms with E-state index in [1.807, 2.05) is 0 Å². The van der Waals surface area contributed by atoms with E-state index in [-0.39, 0.29) is 11.3 Å². The number of nitrogens with zero attached hydrogens (tertiary/aromatic N) is 3. The number of carboxylic acid groups (broad SMARTS) is 1. The van der Waals surface area contributed by atoms with Crippen molar-refractivity contribution >= 4 is 23.4 Å². The Kier molecular flexibility index (Phi) is 3.47. The van der Waals surface area contributed by atoms with Gasteiger partial charge in [-0.3, -0.25) is 15.2 Å². The SMILES string of the molecule is Cc1nc(Sc2ccc([N+](=O)[O-])cc2C(=O)O)n[nH]1. The number of aryl methyl sites for hydroxylation is 1. The zero-order chi connectivity index (χ0) is 14.0. The number of rotatable bonds is 4. The number of carboxylic acids is 1. The third kappa shape index (κ3) is 2.88. The van der Waals surface area contributed by atoms with Gasteiger partial charge in [0.05, 0.1) is 10.5 Å². The number of benzene rings is 1. The summed E-state index contributed by atoms with van der Waals surface area (Å²) in [7, 11) is 0. The molecule has 2 rings (SSSR count). The molecule has 98 valence electrons. The van der Waals surface area contributed by atoms with Crippen LogP contribution in [0, 0.1) is 17.0 Å². The Hall–Kier alpha value is -2.42. The molecule has 0 aliphatic carbocycles. The lowest BCUT2D eigenvalue weighted by Crippen LogP contribution is -2.00. The first-order chi connectivity index (χ1) is 8.97. The summed E-state index contributed by atoms with van der Waals surface area (Å²) in [5.41, 5.74) is -0.422. The molecule has 0 aliphatic rings. The predicted molar refractivity (Wildman–Crippen MR) is 65.3 cm³/mol. The fourth-order valence-electron chi connectivity index (χ4n) is 1.35. The van der Waals surface area contributed by atoms with Crippen molar-refractivity contribution in [3.8, 4) is 0 Å². The third-order valence-corrected chi connectivity index (χ3v) is 3.12. The largest absolute Gasteiger partial charge is 0.478 e. The second-order valence-electron chi connectivity index (χ2n) is 3.55. The van der Waals surface area contributed by atoms with E-state index < -0.39 is 10.9 Å². The predicted octanol–water partition coefficient (Wildman–Crippen LogP) is 1.87. The van der Waals surface area contributed by atoms with Crippen molar-refractivity contribution in [1.29, 1.82) is 0 Å². The molecule has 0 bridgehead atoms. The first kappa shape index (κ1) is 13.0. The second kappa shape index (κ2) is 5.06. The highest BCUT2D eigenvalue weighted by molar-refractivity contribution is 7.99. The molecule has 0 saturated carbocycles. The minimum atomic E-state index is -1.24. The van der Waals surface area contributed by atoms with E-state index in [0.29, 0.717) is 15.9 Å². The molecule has 0 amide bonds. The van der Waals surface area contributed by atoms with E-state index in [4.69, 9.17) is 5.11 Å². The van der Waals surface area contributed by atoms with Gasteiger partial charge in [0.15, 0.2) is 0 Å². The summed E-state index contributed by atoms with van der Waals surface area (Å²) in [4.78, 5) is 25.5. The quantitative estimate of drug-likeness (QED) is 0.647. The summed E-state index contributed by atoms with van der Waals surface area (Å²) in [6, 6.07) is 3.64. The van der Waals surface area contributed by atoms with Gasteiger partial charge in [-0.15, -0.1) is 5.10 Å². The van der Waals surface area contributed by atoms with Crippen LogP contribution in [-0.2, 0) is 0 Å². The lowest BCUT2D eigenvalue weighted by Gasteiger charge is -2.02. The standard InChI is InChI=1S/C10H8N4O4S/c1-5-11-10(13-12-5)19-8-3-2-6(14(17)18)4-7(8)9(15)16/h2-4H,1H3,(H,15,16)(H,11,12,13). The topological polar surface area (TPSA) is 122 Å². The van der Waals surface area contributed by atoms with Crippen molar-refractivity contribution in [2.24, 2.45) is 0 Å². The summed E-state index contributed by atoms with van der Waals surface area (Å²) >= 11 is 1.03. The highest BCUT2D eigenvalue weighted by Crippen LogP contribution is 2.30. The number of hydrogen-bond acceptors (Lipinski definition) is 6. The van der Waals surface area contributed by atoms with Crippen LogP contribution < -0.4 is 0 Å². The van der Waals surface area contributed by atoms with Crippen LogP contribution in [0.2, 0.25) is 0 Å². The van der Waals surface area contributed by atoms with Crippen molar-refractivity contribution in [1.82, 2.24) is 15.2 Å². The molecule has 1 aromatic heterocycles. The van der Waals surface area contributed by atoms with E-state index in [2.05, 4.69) is 15.2 Å². The molecule has 0 atom stereocenters. The van der Waals surface area contributed by atoms with Crippen LogP contribution >= 0.6 is 11.8 Å². The van der Waals surface area contributed by atoms with Crippen LogP contribution in [0.1, 0.15) is 16.2 Å². The summed E-state index contributed by atoms with van der Waals surface area (Å²) in [5.74, 6) is -0.639. The molecule has 1 heterocycles. The number of nitro benzene ring substituents is 1. The van der Waals surface area contributed by atoms with Gasteiger partial charge in [-0.05, 0) is 24.8 Å². The van der Waals surface area contributed by atoms with Crippen LogP contribution in [0.25, 0.3) is 0 Å². The summed E-state index contributed by atoms with van der Waals surface area (Å²) < 4.78 is 0. The van der Waals surface area contributed by atoms with Gasteiger partial charge in [0.1, 0.15) is 5.82 Å². The number of H-pyrrole nitrogens is 1. The average molecular weight is 280 g/mol. The Labute approximate surface area is 111 Å². The van der Waals surface area contributed by atoms with Crippen molar-refractivity contribution < 1.29 is 14.8 Å². The molecule has 0 fully saturated rings. The van der Waals surface area contributed by atoms with Gasteiger partial charge in [-0.1, -0.05) is 0 Å². The van der Waals surface area contributed by atoms with Gasteiger partial charge in [0.2, 0.25) is 5.16 Å². The smallest absolute Gasteiger partial charge is 0.337 e. The molecule has 0 unspecified atom stereocenters. The number of carbonyl (C=O) groups is 1. The fraction of sp³-hybridized carbons (Fsp3) is 0.100. The van der Waals surface area contributed by atoms with Gasteiger partial charge in [-0.2, -0.15) is 0 Å². The van der Waals surface area contributed by atoms with Crippen molar-refractivity contribution in [3.05, 3.63) is 39.7 Å². The van der Waals surface area contributed by atoms with Crippen molar-refractivity contribution in [2.45, 2.75) is 17.0 Å². The molecule has 2 aromatic rings. The average Bonchev–Trinajstić information content (AvgIpc) is 2.74. The number of non-ortho nitro benzene ring substituents is 1. The van der Waals surface area contributed by atoms with E-state index in [1.54, 1.807) is 6.92 Å². The number of nitro groups is 1. The summed E-state index contributed by atoms with van der Waals surface area (Å²) in [6.45, 7) is 1.71. The molecule has 0 radical (unpaired) electrons. The Bertz CT molecular complexity index is 655. The Morgan fingerprint density at radius 3 is 2.79 bits per heavy atom. The van der Waals surface area contributed by atoms with Crippen molar-refractivity contribution in [2.75, 3.05) is 0 Å². The van der Waals surface area contributed by atoms with Gasteiger partial charge in [0.25, 0.3) is 5.69 Å². The number of aromatic carboxylic acids is 1. The highest BCUT2D eigenvalue weighted by Gasteiger charge is 2.17. The van der Waals surface area contributed by atoms with Gasteiger partial charge in [0, 0.05) is 17.0 Å². The van der Waals surface area contributed by atoms with Crippen LogP contribution in [0.4, 0.5) is 5.69 Å². The summed E-state index contributed by atoms with van der Waals surface area (Å²) in [6.07, 6.45) is 0. The molecule has 19 heavy (non-hydrogen) atoms. The second-order valence-corrected chi connectivity index (χ2v) is 4.56. The molecule has 0 spiro atoms. The molecule has 9 heteroatoms. The van der Waals surface area contributed by atoms with E-state index in [1.165, 1.54) is 12.1 Å². The van der Waals surface area contributed by atoms with Gasteiger partial charge < -0.3 is 5.11 Å². The van der Waals surface area contributed by atoms with E-state index >= 15 is 0 Å². The van der Waals surface area contributed by atoms with Gasteiger partial charge >= 0.3 is 5.97 Å². The molecular formula is C10H8N4O4S. The van der Waals surface area contributed by atoms with Gasteiger partial charge in [-0.25, -0.2) is 9.78 Å². The summed E-state index contributed by atoms with van der Waals surface area (Å²) in [5, 5.41) is 26.5. The third-order valence-electron chi connectivity index (χ3n) is 2.18. The monoisotopic (exact) mass is 280 g/mol. The number of aromatic amines is 1. The normalized spacial score (nSPS) is 10.4. The number of hydrogen-bond donors (Lipinski definition) is 2. The van der Waals surface area contributed by atoms with Crippen LogP contribution in [0.3, 0.4) is 0 Å². The highest BCUT2D eigenvalue weighted by atomic mass is 32.2. The zero-order valence-electron chi connectivity index (χ0n) is 9.65. The Balaban J connectivity index is 2.39. The number of nitrogens with one attached hydrogen (secondary N) is 1. The maximum Gasteiger partial charge on any atom is 0.337 e. The molecule has 8 nitrogen and oxygen atoms in total. The van der Waals surface area contributed by atoms with Crippen LogP contribution in [0.15, 0.2) is 28.3 Å². The maximum atomic E-state index is 11.1. The molecule has 0 saturated heterocycles.